The molecule has 0 aliphatic carbocycles. The van der Waals surface area contributed by atoms with Crippen LogP contribution in [0.1, 0.15) is 18.3 Å². The maximum absolute atomic E-state index is 5.28. The largest absolute Gasteiger partial charge is 0.497 e. The van der Waals surface area contributed by atoms with Crippen LogP contribution in [0.4, 0.5) is 11.6 Å². The number of piperazine rings is 1. The van der Waals surface area contributed by atoms with Crippen molar-refractivity contribution in [1.29, 1.82) is 0 Å². The van der Waals surface area contributed by atoms with Crippen LogP contribution in [-0.2, 0) is 6.42 Å². The summed E-state index contributed by atoms with van der Waals surface area (Å²) >= 11 is 0. The number of ether oxygens (including phenoxy) is 1. The number of likely N-dealkylation sites (N-methyl/N-ethyl adjacent to an activating group) is 1. The summed E-state index contributed by atoms with van der Waals surface area (Å²) in [7, 11) is 1.70. The van der Waals surface area contributed by atoms with Crippen LogP contribution in [0.25, 0.3) is 0 Å². The minimum atomic E-state index is 0.810. The predicted molar refractivity (Wildman–Crippen MR) is 106 cm³/mol. The molecule has 0 bridgehead atoms. The number of methoxy groups -OCH3 is 1. The van der Waals surface area contributed by atoms with Crippen LogP contribution in [-0.4, -0.2) is 61.2 Å². The number of hydrogen-bond donors (Lipinski definition) is 1. The van der Waals surface area contributed by atoms with Crippen molar-refractivity contribution in [3.05, 3.63) is 41.7 Å². The molecule has 0 amide bonds. The Morgan fingerprint density at radius 2 is 1.92 bits per heavy atom. The van der Waals surface area contributed by atoms with Crippen molar-refractivity contribution >= 4 is 11.6 Å². The van der Waals surface area contributed by atoms with Gasteiger partial charge in [0.1, 0.15) is 23.2 Å². The number of nitrogens with zero attached hydrogens (tertiary/aromatic N) is 4. The number of nitrogens with one attached hydrogen (secondary N) is 1. The number of rotatable bonds is 7. The van der Waals surface area contributed by atoms with Crippen LogP contribution in [0, 0.1) is 6.92 Å². The standard InChI is InChI=1S/C20H29N5O/c1-4-24-10-12-25(13-11-24)20-15-19(22-16(2)23-20)21-9-8-17-6-5-7-18(14-17)26-3/h5-7,14-15H,4,8-13H2,1-3H3,(H,21,22,23). The molecule has 1 aromatic heterocycles. The number of hydrogen-bond acceptors (Lipinski definition) is 6. The average Bonchev–Trinajstić information content (AvgIpc) is 2.68. The summed E-state index contributed by atoms with van der Waals surface area (Å²) in [5, 5.41) is 3.44. The smallest absolute Gasteiger partial charge is 0.134 e. The number of anilines is 2. The highest BCUT2D eigenvalue weighted by Gasteiger charge is 2.17. The minimum absolute atomic E-state index is 0.810. The SMILES string of the molecule is CCN1CCN(c2cc(NCCc3cccc(OC)c3)nc(C)n2)CC1. The zero-order valence-electron chi connectivity index (χ0n) is 16.0. The highest BCUT2D eigenvalue weighted by Crippen LogP contribution is 2.18. The first-order chi connectivity index (χ1) is 12.7. The van der Waals surface area contributed by atoms with Crippen molar-refractivity contribution in [1.82, 2.24) is 14.9 Å². The Labute approximate surface area is 156 Å². The van der Waals surface area contributed by atoms with Gasteiger partial charge in [-0.05, 0) is 37.6 Å². The Morgan fingerprint density at radius 1 is 1.12 bits per heavy atom. The summed E-state index contributed by atoms with van der Waals surface area (Å²) in [5.74, 6) is 3.63. The van der Waals surface area contributed by atoms with Crippen molar-refractivity contribution in [3.63, 3.8) is 0 Å². The van der Waals surface area contributed by atoms with Gasteiger partial charge in [-0.1, -0.05) is 19.1 Å². The van der Waals surface area contributed by atoms with Gasteiger partial charge in [0.15, 0.2) is 0 Å². The third-order valence-electron chi connectivity index (χ3n) is 4.82. The number of benzene rings is 1. The van der Waals surface area contributed by atoms with Gasteiger partial charge in [-0.25, -0.2) is 9.97 Å². The van der Waals surface area contributed by atoms with Gasteiger partial charge < -0.3 is 19.9 Å². The molecule has 1 aliphatic heterocycles. The summed E-state index contributed by atoms with van der Waals surface area (Å²) in [6.07, 6.45) is 0.921. The van der Waals surface area contributed by atoms with E-state index < -0.39 is 0 Å². The maximum Gasteiger partial charge on any atom is 0.134 e. The Hall–Kier alpha value is -2.34. The van der Waals surface area contributed by atoms with E-state index in [0.717, 1.165) is 68.9 Å². The molecule has 2 heterocycles. The van der Waals surface area contributed by atoms with Crippen molar-refractivity contribution in [2.75, 3.05) is 56.6 Å². The number of aryl methyl sites for hydroxylation is 1. The van der Waals surface area contributed by atoms with Crippen LogP contribution in [0.3, 0.4) is 0 Å². The van der Waals surface area contributed by atoms with Gasteiger partial charge in [0, 0.05) is 38.8 Å². The first kappa shape index (κ1) is 18.5. The van der Waals surface area contributed by atoms with Crippen LogP contribution in [0.15, 0.2) is 30.3 Å². The molecule has 2 aromatic rings. The number of aromatic nitrogens is 2. The van der Waals surface area contributed by atoms with E-state index in [0.29, 0.717) is 0 Å². The second-order valence-corrected chi connectivity index (χ2v) is 6.61. The fourth-order valence-corrected chi connectivity index (χ4v) is 3.26. The lowest BCUT2D eigenvalue weighted by molar-refractivity contribution is 0.270. The predicted octanol–water partition coefficient (Wildman–Crippen LogP) is 2.59. The summed E-state index contributed by atoms with van der Waals surface area (Å²) in [4.78, 5) is 14.0. The van der Waals surface area contributed by atoms with Crippen LogP contribution >= 0.6 is 0 Å². The van der Waals surface area contributed by atoms with E-state index in [1.165, 1.54) is 5.56 Å². The molecule has 0 atom stereocenters. The van der Waals surface area contributed by atoms with Crippen molar-refractivity contribution < 1.29 is 4.74 Å². The van der Waals surface area contributed by atoms with E-state index in [1.54, 1.807) is 7.11 Å². The monoisotopic (exact) mass is 355 g/mol. The molecule has 0 spiro atoms. The normalized spacial score (nSPS) is 15.1. The Bertz CT molecular complexity index is 713. The molecular weight excluding hydrogens is 326 g/mol. The van der Waals surface area contributed by atoms with Gasteiger partial charge in [0.2, 0.25) is 0 Å². The third-order valence-corrected chi connectivity index (χ3v) is 4.82. The molecule has 1 N–H and O–H groups in total. The van der Waals surface area contributed by atoms with Crippen LogP contribution in [0.2, 0.25) is 0 Å². The van der Waals surface area contributed by atoms with E-state index in [-0.39, 0.29) is 0 Å². The average molecular weight is 355 g/mol. The van der Waals surface area contributed by atoms with Crippen molar-refractivity contribution in [3.8, 4) is 5.75 Å². The van der Waals surface area contributed by atoms with E-state index in [2.05, 4.69) is 50.2 Å². The first-order valence-corrected chi connectivity index (χ1v) is 9.37. The van der Waals surface area contributed by atoms with Gasteiger partial charge in [-0.15, -0.1) is 0 Å². The molecule has 1 aromatic carbocycles. The molecule has 0 unspecified atom stereocenters. The zero-order valence-corrected chi connectivity index (χ0v) is 16.0. The van der Waals surface area contributed by atoms with Gasteiger partial charge in [0.05, 0.1) is 7.11 Å². The van der Waals surface area contributed by atoms with E-state index >= 15 is 0 Å². The molecule has 1 aliphatic rings. The van der Waals surface area contributed by atoms with E-state index in [1.807, 2.05) is 19.1 Å². The summed E-state index contributed by atoms with van der Waals surface area (Å²) in [6.45, 7) is 10.4. The van der Waals surface area contributed by atoms with Crippen LogP contribution in [0.5, 0.6) is 5.75 Å². The molecule has 140 valence electrons. The molecule has 0 saturated carbocycles. The lowest BCUT2D eigenvalue weighted by Crippen LogP contribution is -2.46. The van der Waals surface area contributed by atoms with E-state index in [4.69, 9.17) is 4.74 Å². The van der Waals surface area contributed by atoms with E-state index in [9.17, 15) is 0 Å². The summed E-state index contributed by atoms with van der Waals surface area (Å²) in [5.41, 5.74) is 1.25. The molecule has 1 fully saturated rings. The highest BCUT2D eigenvalue weighted by molar-refractivity contribution is 5.50. The third kappa shape index (κ3) is 4.85. The summed E-state index contributed by atoms with van der Waals surface area (Å²) in [6, 6.07) is 10.3. The van der Waals surface area contributed by atoms with Crippen molar-refractivity contribution in [2.24, 2.45) is 0 Å². The fraction of sp³-hybridized carbons (Fsp3) is 0.500. The Kier molecular flexibility index (Phi) is 6.28. The molecule has 26 heavy (non-hydrogen) atoms. The fourth-order valence-electron chi connectivity index (χ4n) is 3.26. The molecule has 1 saturated heterocycles. The zero-order chi connectivity index (χ0) is 18.4. The Morgan fingerprint density at radius 3 is 2.65 bits per heavy atom. The summed E-state index contributed by atoms with van der Waals surface area (Å²) < 4.78 is 5.28. The second-order valence-electron chi connectivity index (χ2n) is 6.61. The van der Waals surface area contributed by atoms with Crippen LogP contribution < -0.4 is 15.0 Å². The van der Waals surface area contributed by atoms with Crippen molar-refractivity contribution in [2.45, 2.75) is 20.3 Å². The lowest BCUT2D eigenvalue weighted by Gasteiger charge is -2.34. The lowest BCUT2D eigenvalue weighted by atomic mass is 10.1. The molecule has 3 rings (SSSR count). The molecule has 6 heteroatoms. The molecule has 0 radical (unpaired) electrons. The molecular formula is C20H29N5O. The van der Waals surface area contributed by atoms with Gasteiger partial charge >= 0.3 is 0 Å². The Balaban J connectivity index is 1.59. The molecule has 6 nitrogen and oxygen atoms in total. The first-order valence-electron chi connectivity index (χ1n) is 9.37. The van der Waals surface area contributed by atoms with Gasteiger partial charge in [-0.2, -0.15) is 0 Å². The maximum atomic E-state index is 5.28. The second kappa shape index (κ2) is 8.85. The highest BCUT2D eigenvalue weighted by atomic mass is 16.5. The quantitative estimate of drug-likeness (QED) is 0.824. The minimum Gasteiger partial charge on any atom is -0.497 e. The topological polar surface area (TPSA) is 53.5 Å². The van der Waals surface area contributed by atoms with Gasteiger partial charge in [-0.3, -0.25) is 0 Å². The van der Waals surface area contributed by atoms with Gasteiger partial charge in [0.25, 0.3) is 0 Å².